The summed E-state index contributed by atoms with van der Waals surface area (Å²) in [5, 5.41) is 10.0. The topological polar surface area (TPSA) is 41.9 Å². The summed E-state index contributed by atoms with van der Waals surface area (Å²) in [6.45, 7) is 5.88. The Morgan fingerprint density at radius 3 is 2.93 bits per heavy atom. The molecule has 0 unspecified atom stereocenters. The van der Waals surface area contributed by atoms with Crippen molar-refractivity contribution in [3.8, 4) is 0 Å². The number of hydrogen-bond donors (Lipinski definition) is 1. The highest BCUT2D eigenvalue weighted by Gasteiger charge is 2.55. The van der Waals surface area contributed by atoms with Gasteiger partial charge in [-0.15, -0.1) is 0 Å². The number of fused-ring (bicyclic) bond motifs is 3. The number of nitrogens with zero attached hydrogens (tertiary/aromatic N) is 1. The third-order valence-corrected chi connectivity index (χ3v) is 3.73. The maximum absolute atomic E-state index is 10.0. The van der Waals surface area contributed by atoms with Crippen LogP contribution in [-0.2, 0) is 9.47 Å². The Hall–Kier alpha value is -0.160. The van der Waals surface area contributed by atoms with E-state index in [1.807, 2.05) is 13.8 Å². The van der Waals surface area contributed by atoms with E-state index < -0.39 is 5.79 Å². The molecule has 4 nitrogen and oxygen atoms in total. The molecule has 0 bridgehead atoms. The highest BCUT2D eigenvalue weighted by Crippen LogP contribution is 2.39. The number of hydrogen-bond acceptors (Lipinski definition) is 4. The fraction of sp³-hybridized carbons (Fsp3) is 1.00. The summed E-state index contributed by atoms with van der Waals surface area (Å²) in [7, 11) is 0. The van der Waals surface area contributed by atoms with Gasteiger partial charge in [0, 0.05) is 6.54 Å². The minimum atomic E-state index is -0.474. The van der Waals surface area contributed by atoms with Gasteiger partial charge in [-0.1, -0.05) is 0 Å². The van der Waals surface area contributed by atoms with E-state index in [-0.39, 0.29) is 24.4 Å². The van der Waals surface area contributed by atoms with E-state index in [4.69, 9.17) is 9.47 Å². The fourth-order valence-electron chi connectivity index (χ4n) is 3.23. The molecule has 3 fully saturated rings. The van der Waals surface area contributed by atoms with Gasteiger partial charge < -0.3 is 14.6 Å². The third-order valence-electron chi connectivity index (χ3n) is 3.73. The lowest BCUT2D eigenvalue weighted by atomic mass is 9.97. The molecule has 1 N–H and O–H groups in total. The van der Waals surface area contributed by atoms with Gasteiger partial charge >= 0.3 is 0 Å². The third kappa shape index (κ3) is 1.51. The molecule has 3 saturated heterocycles. The van der Waals surface area contributed by atoms with E-state index in [1.54, 1.807) is 0 Å². The van der Waals surface area contributed by atoms with Crippen LogP contribution in [0, 0.1) is 0 Å². The van der Waals surface area contributed by atoms with Gasteiger partial charge in [0.05, 0.1) is 12.1 Å². The number of ether oxygens (including phenoxy) is 2. The summed E-state index contributed by atoms with van der Waals surface area (Å²) >= 11 is 0. The minimum Gasteiger partial charge on any atom is -0.391 e. The van der Waals surface area contributed by atoms with Crippen molar-refractivity contribution in [2.45, 2.75) is 56.8 Å². The second-order valence-corrected chi connectivity index (χ2v) is 5.33. The Balaban J connectivity index is 1.81. The second kappa shape index (κ2) is 3.17. The van der Waals surface area contributed by atoms with E-state index >= 15 is 0 Å². The van der Waals surface area contributed by atoms with Gasteiger partial charge in [0.2, 0.25) is 0 Å². The average Bonchev–Trinajstić information content (AvgIpc) is 2.56. The summed E-state index contributed by atoms with van der Waals surface area (Å²) in [4.78, 5) is 2.32. The summed E-state index contributed by atoms with van der Waals surface area (Å²) in [5.74, 6) is -0.474. The van der Waals surface area contributed by atoms with E-state index in [0.717, 1.165) is 25.9 Å². The highest BCUT2D eigenvalue weighted by atomic mass is 16.8. The summed E-state index contributed by atoms with van der Waals surface area (Å²) in [6.07, 6.45) is 1.95. The van der Waals surface area contributed by atoms with Gasteiger partial charge in [0.25, 0.3) is 0 Å². The molecular weight excluding hydrogens is 194 g/mol. The largest absolute Gasteiger partial charge is 0.391 e. The zero-order valence-electron chi connectivity index (χ0n) is 9.35. The number of rotatable bonds is 0. The molecule has 3 aliphatic rings. The molecule has 4 heteroatoms. The van der Waals surface area contributed by atoms with Crippen molar-refractivity contribution in [3.05, 3.63) is 0 Å². The monoisotopic (exact) mass is 213 g/mol. The molecule has 0 aromatic carbocycles. The first-order chi connectivity index (χ1) is 7.07. The van der Waals surface area contributed by atoms with Gasteiger partial charge in [0.1, 0.15) is 12.2 Å². The van der Waals surface area contributed by atoms with Crippen LogP contribution in [0.1, 0.15) is 26.7 Å². The average molecular weight is 213 g/mol. The zero-order valence-corrected chi connectivity index (χ0v) is 9.35. The first-order valence-corrected chi connectivity index (χ1v) is 5.85. The Kier molecular flexibility index (Phi) is 2.12. The van der Waals surface area contributed by atoms with Gasteiger partial charge in [0.15, 0.2) is 5.79 Å². The number of aliphatic hydroxyl groups is 1. The maximum atomic E-state index is 10.0. The van der Waals surface area contributed by atoms with E-state index in [1.165, 1.54) is 0 Å². The van der Waals surface area contributed by atoms with Crippen LogP contribution in [-0.4, -0.2) is 53.2 Å². The molecule has 0 saturated carbocycles. The van der Waals surface area contributed by atoms with Crippen LogP contribution < -0.4 is 0 Å². The molecule has 4 atom stereocenters. The molecular formula is C11H19NO3. The molecule has 0 spiro atoms. The molecule has 0 aliphatic carbocycles. The van der Waals surface area contributed by atoms with Crippen LogP contribution in [0.4, 0.5) is 0 Å². The van der Waals surface area contributed by atoms with Crippen LogP contribution in [0.15, 0.2) is 0 Å². The van der Waals surface area contributed by atoms with E-state index in [2.05, 4.69) is 4.90 Å². The minimum absolute atomic E-state index is 0.0651. The predicted molar refractivity (Wildman–Crippen MR) is 54.4 cm³/mol. The summed E-state index contributed by atoms with van der Waals surface area (Å²) in [5.41, 5.74) is 0. The Morgan fingerprint density at radius 1 is 1.33 bits per heavy atom. The Bertz CT molecular complexity index is 269. The molecule has 86 valence electrons. The molecule has 3 heterocycles. The SMILES string of the molecule is CC1(C)O[C@H]2[C@@H]3[C@H](O)CCCN3C[C@H]2O1. The van der Waals surface area contributed by atoms with Crippen molar-refractivity contribution >= 4 is 0 Å². The Labute approximate surface area is 90.2 Å². The van der Waals surface area contributed by atoms with Crippen molar-refractivity contribution in [1.82, 2.24) is 4.90 Å². The van der Waals surface area contributed by atoms with Crippen LogP contribution in [0.2, 0.25) is 0 Å². The van der Waals surface area contributed by atoms with E-state index in [9.17, 15) is 5.11 Å². The molecule has 15 heavy (non-hydrogen) atoms. The van der Waals surface area contributed by atoms with Crippen LogP contribution >= 0.6 is 0 Å². The maximum Gasteiger partial charge on any atom is 0.163 e. The standard InChI is InChI=1S/C11H19NO3/c1-11(2)14-8-6-12-5-3-4-7(13)9(12)10(8)15-11/h7-10,13H,3-6H2,1-2H3/t7-,8-,9+,10-/m1/s1. The summed E-state index contributed by atoms with van der Waals surface area (Å²) < 4.78 is 11.7. The highest BCUT2D eigenvalue weighted by molar-refractivity contribution is 5.04. The molecule has 3 rings (SSSR count). The first-order valence-electron chi connectivity index (χ1n) is 5.85. The van der Waals surface area contributed by atoms with E-state index in [0.29, 0.717) is 0 Å². The molecule has 0 aromatic rings. The smallest absolute Gasteiger partial charge is 0.163 e. The second-order valence-electron chi connectivity index (χ2n) is 5.33. The Morgan fingerprint density at radius 2 is 2.13 bits per heavy atom. The zero-order chi connectivity index (χ0) is 10.6. The molecule has 3 aliphatic heterocycles. The van der Waals surface area contributed by atoms with Crippen molar-refractivity contribution in [3.63, 3.8) is 0 Å². The molecule has 0 aromatic heterocycles. The van der Waals surface area contributed by atoms with Crippen molar-refractivity contribution in [2.75, 3.05) is 13.1 Å². The lowest BCUT2D eigenvalue weighted by Crippen LogP contribution is -2.50. The van der Waals surface area contributed by atoms with Crippen molar-refractivity contribution < 1.29 is 14.6 Å². The normalized spacial score (nSPS) is 49.0. The lowest BCUT2D eigenvalue weighted by Gasteiger charge is -2.36. The molecule has 0 amide bonds. The van der Waals surface area contributed by atoms with Crippen molar-refractivity contribution in [1.29, 1.82) is 0 Å². The summed E-state index contributed by atoms with van der Waals surface area (Å²) in [6, 6.07) is 0.158. The first kappa shape index (κ1) is 10.0. The van der Waals surface area contributed by atoms with Gasteiger partial charge in [-0.25, -0.2) is 0 Å². The van der Waals surface area contributed by atoms with Gasteiger partial charge in [-0.05, 0) is 33.2 Å². The number of piperidine rings is 1. The van der Waals surface area contributed by atoms with Gasteiger partial charge in [-0.2, -0.15) is 0 Å². The molecule has 0 radical (unpaired) electrons. The van der Waals surface area contributed by atoms with Crippen LogP contribution in [0.5, 0.6) is 0 Å². The van der Waals surface area contributed by atoms with Crippen molar-refractivity contribution in [2.24, 2.45) is 0 Å². The quantitative estimate of drug-likeness (QED) is 0.630. The lowest BCUT2D eigenvalue weighted by molar-refractivity contribution is -0.169. The fourth-order valence-corrected chi connectivity index (χ4v) is 3.23. The van der Waals surface area contributed by atoms with Crippen LogP contribution in [0.25, 0.3) is 0 Å². The predicted octanol–water partition coefficient (Wildman–Crippen LogP) is 0.345. The van der Waals surface area contributed by atoms with Crippen LogP contribution in [0.3, 0.4) is 0 Å². The number of aliphatic hydroxyl groups excluding tert-OH is 1. The van der Waals surface area contributed by atoms with Gasteiger partial charge in [-0.3, -0.25) is 4.90 Å².